The highest BCUT2D eigenvalue weighted by Gasteiger charge is 1.99. The molecule has 14 heavy (non-hydrogen) atoms. The van der Waals surface area contributed by atoms with Crippen LogP contribution in [0.15, 0.2) is 35.3 Å². The predicted molar refractivity (Wildman–Crippen MR) is 60.0 cm³/mol. The van der Waals surface area contributed by atoms with E-state index in [-0.39, 0.29) is 0 Å². The zero-order valence-corrected chi connectivity index (χ0v) is 8.36. The van der Waals surface area contributed by atoms with E-state index >= 15 is 0 Å². The van der Waals surface area contributed by atoms with Gasteiger partial charge in [-0.3, -0.25) is 9.98 Å². The second-order valence-corrected chi connectivity index (χ2v) is 3.24. The van der Waals surface area contributed by atoms with Crippen LogP contribution in [0.5, 0.6) is 0 Å². The normalized spacial score (nSPS) is 11.3. The van der Waals surface area contributed by atoms with Crippen molar-refractivity contribution in [2.24, 2.45) is 4.99 Å². The average Bonchev–Trinajstić information content (AvgIpc) is 2.19. The summed E-state index contributed by atoms with van der Waals surface area (Å²) in [6, 6.07) is 10.2. The largest absolute Gasteiger partial charge is 0.296 e. The number of aliphatic imine (C=N–C) groups is 1. The third-order valence-electron chi connectivity index (χ3n) is 2.22. The van der Waals surface area contributed by atoms with Gasteiger partial charge in [0.2, 0.25) is 0 Å². The number of pyridine rings is 1. The van der Waals surface area contributed by atoms with E-state index in [1.165, 1.54) is 0 Å². The molecule has 0 atom stereocenters. The Morgan fingerprint density at radius 2 is 2.07 bits per heavy atom. The molecule has 1 aromatic carbocycles. The van der Waals surface area contributed by atoms with Crippen molar-refractivity contribution in [1.82, 2.24) is 4.98 Å². The Kier molecular flexibility index (Phi) is 2.27. The fourth-order valence-corrected chi connectivity index (χ4v) is 1.50. The molecular formula is C12H12N2. The van der Waals surface area contributed by atoms with Gasteiger partial charge in [0.05, 0.1) is 5.52 Å². The summed E-state index contributed by atoms with van der Waals surface area (Å²) in [6.07, 6.45) is 1.84. The minimum atomic E-state index is 1.02. The Morgan fingerprint density at radius 1 is 1.29 bits per heavy atom. The molecule has 70 valence electrons. The molecule has 2 rings (SSSR count). The van der Waals surface area contributed by atoms with Crippen LogP contribution in [-0.4, -0.2) is 18.2 Å². The number of para-hydroxylation sites is 1. The van der Waals surface area contributed by atoms with E-state index in [1.807, 2.05) is 31.3 Å². The van der Waals surface area contributed by atoms with E-state index in [1.54, 1.807) is 7.05 Å². The molecule has 0 spiro atoms. The monoisotopic (exact) mass is 184 g/mol. The lowest BCUT2D eigenvalue weighted by molar-refractivity contribution is 1.24. The summed E-state index contributed by atoms with van der Waals surface area (Å²) in [5.41, 5.74) is 3.15. The third kappa shape index (κ3) is 1.51. The van der Waals surface area contributed by atoms with Crippen molar-refractivity contribution in [3.63, 3.8) is 0 Å². The minimum absolute atomic E-state index is 1.02. The highest BCUT2D eigenvalue weighted by molar-refractivity contribution is 5.89. The van der Waals surface area contributed by atoms with Crippen LogP contribution in [-0.2, 0) is 0 Å². The van der Waals surface area contributed by atoms with E-state index in [0.29, 0.717) is 0 Å². The lowest BCUT2D eigenvalue weighted by Crippen LogP contribution is -1.92. The van der Waals surface area contributed by atoms with Gasteiger partial charge in [0.25, 0.3) is 0 Å². The summed E-state index contributed by atoms with van der Waals surface area (Å²) in [4.78, 5) is 8.51. The van der Waals surface area contributed by atoms with Gasteiger partial charge in [0, 0.05) is 29.9 Å². The van der Waals surface area contributed by atoms with Crippen molar-refractivity contribution in [3.8, 4) is 0 Å². The number of aromatic nitrogens is 1. The molecule has 2 nitrogen and oxygen atoms in total. The van der Waals surface area contributed by atoms with Gasteiger partial charge in [0.1, 0.15) is 0 Å². The van der Waals surface area contributed by atoms with Gasteiger partial charge in [-0.25, -0.2) is 0 Å². The number of hydrogen-bond acceptors (Lipinski definition) is 2. The first-order valence-corrected chi connectivity index (χ1v) is 4.60. The van der Waals surface area contributed by atoms with E-state index in [2.05, 4.69) is 22.1 Å². The standard InChI is InChI=1S/C12H12N2/c1-9-11(8-13-2)7-10-5-3-4-6-12(10)14-9/h3-8H,1-2H3. The van der Waals surface area contributed by atoms with Crippen molar-refractivity contribution >= 4 is 17.1 Å². The Morgan fingerprint density at radius 3 is 2.86 bits per heavy atom. The zero-order valence-electron chi connectivity index (χ0n) is 8.36. The third-order valence-corrected chi connectivity index (χ3v) is 2.22. The van der Waals surface area contributed by atoms with Crippen LogP contribution in [0.1, 0.15) is 11.3 Å². The molecule has 0 aliphatic carbocycles. The topological polar surface area (TPSA) is 25.2 Å². The Bertz CT molecular complexity index is 487. The SMILES string of the molecule is CN=Cc1cc2ccccc2nc1C. The van der Waals surface area contributed by atoms with Crippen molar-refractivity contribution in [1.29, 1.82) is 0 Å². The summed E-state index contributed by atoms with van der Waals surface area (Å²) in [5, 5.41) is 1.16. The number of hydrogen-bond donors (Lipinski definition) is 0. The maximum atomic E-state index is 4.50. The molecule has 1 heterocycles. The summed E-state index contributed by atoms with van der Waals surface area (Å²) in [6.45, 7) is 2.00. The van der Waals surface area contributed by atoms with E-state index < -0.39 is 0 Å². The quantitative estimate of drug-likeness (QED) is 0.625. The number of nitrogens with zero attached hydrogens (tertiary/aromatic N) is 2. The predicted octanol–water partition coefficient (Wildman–Crippen LogP) is 2.59. The van der Waals surface area contributed by atoms with Crippen LogP contribution >= 0.6 is 0 Å². The van der Waals surface area contributed by atoms with Crippen molar-refractivity contribution < 1.29 is 0 Å². The zero-order chi connectivity index (χ0) is 9.97. The van der Waals surface area contributed by atoms with Crippen molar-refractivity contribution in [3.05, 3.63) is 41.6 Å². The van der Waals surface area contributed by atoms with Crippen LogP contribution in [0.4, 0.5) is 0 Å². The van der Waals surface area contributed by atoms with Crippen LogP contribution in [0.2, 0.25) is 0 Å². The molecule has 0 N–H and O–H groups in total. The van der Waals surface area contributed by atoms with E-state index in [9.17, 15) is 0 Å². The van der Waals surface area contributed by atoms with Crippen molar-refractivity contribution in [2.45, 2.75) is 6.92 Å². The van der Waals surface area contributed by atoms with Crippen LogP contribution in [0, 0.1) is 6.92 Å². The minimum Gasteiger partial charge on any atom is -0.296 e. The molecule has 0 radical (unpaired) electrons. The summed E-state index contributed by atoms with van der Waals surface area (Å²) in [5.74, 6) is 0. The number of rotatable bonds is 1. The highest BCUT2D eigenvalue weighted by atomic mass is 14.7. The lowest BCUT2D eigenvalue weighted by atomic mass is 10.1. The molecule has 0 saturated carbocycles. The smallest absolute Gasteiger partial charge is 0.0705 e. The summed E-state index contributed by atoms with van der Waals surface area (Å²) < 4.78 is 0. The average molecular weight is 184 g/mol. The molecule has 0 bridgehead atoms. The second-order valence-electron chi connectivity index (χ2n) is 3.24. The van der Waals surface area contributed by atoms with Gasteiger partial charge in [0.15, 0.2) is 0 Å². The second kappa shape index (κ2) is 3.58. The van der Waals surface area contributed by atoms with E-state index in [4.69, 9.17) is 0 Å². The van der Waals surface area contributed by atoms with Crippen LogP contribution in [0.25, 0.3) is 10.9 Å². The lowest BCUT2D eigenvalue weighted by Gasteiger charge is -2.02. The molecule has 0 unspecified atom stereocenters. The molecule has 0 aliphatic rings. The Balaban J connectivity index is 2.70. The molecule has 0 saturated heterocycles. The molecule has 0 fully saturated rings. The molecule has 0 amide bonds. The molecular weight excluding hydrogens is 172 g/mol. The molecule has 2 heteroatoms. The van der Waals surface area contributed by atoms with Gasteiger partial charge < -0.3 is 0 Å². The van der Waals surface area contributed by atoms with Crippen LogP contribution in [0.3, 0.4) is 0 Å². The van der Waals surface area contributed by atoms with Gasteiger partial charge in [-0.15, -0.1) is 0 Å². The molecule has 1 aromatic heterocycles. The van der Waals surface area contributed by atoms with Gasteiger partial charge in [-0.1, -0.05) is 18.2 Å². The first-order chi connectivity index (χ1) is 6.81. The number of aryl methyl sites for hydroxylation is 1. The maximum absolute atomic E-state index is 4.50. The Hall–Kier alpha value is -1.70. The first kappa shape index (κ1) is 8.88. The maximum Gasteiger partial charge on any atom is 0.0705 e. The number of fused-ring (bicyclic) bond motifs is 1. The fraction of sp³-hybridized carbons (Fsp3) is 0.167. The Labute approximate surface area is 83.3 Å². The summed E-state index contributed by atoms with van der Waals surface area (Å²) in [7, 11) is 1.77. The molecule has 2 aromatic rings. The van der Waals surface area contributed by atoms with Gasteiger partial charge >= 0.3 is 0 Å². The van der Waals surface area contributed by atoms with Crippen molar-refractivity contribution in [2.75, 3.05) is 7.05 Å². The van der Waals surface area contributed by atoms with E-state index in [0.717, 1.165) is 22.2 Å². The number of benzene rings is 1. The first-order valence-electron chi connectivity index (χ1n) is 4.60. The van der Waals surface area contributed by atoms with Crippen LogP contribution < -0.4 is 0 Å². The molecule has 0 aliphatic heterocycles. The summed E-state index contributed by atoms with van der Waals surface area (Å²) >= 11 is 0. The fourth-order valence-electron chi connectivity index (χ4n) is 1.50. The highest BCUT2D eigenvalue weighted by Crippen LogP contribution is 2.14. The van der Waals surface area contributed by atoms with Gasteiger partial charge in [-0.05, 0) is 19.1 Å². The van der Waals surface area contributed by atoms with Gasteiger partial charge in [-0.2, -0.15) is 0 Å².